The number of carbonyl (C=O) groups is 2. The van der Waals surface area contributed by atoms with Gasteiger partial charge in [-0.25, -0.2) is 4.98 Å². The van der Waals surface area contributed by atoms with Gasteiger partial charge in [-0.3, -0.25) is 14.4 Å². The quantitative estimate of drug-likeness (QED) is 0.532. The summed E-state index contributed by atoms with van der Waals surface area (Å²) in [4.78, 5) is 45.0. The molecule has 6 rings (SSSR count). The molecule has 3 aliphatic rings. The number of pyridine rings is 1. The number of carbonyl (C=O) groups excluding carboxylic acids is 2. The van der Waals surface area contributed by atoms with Crippen LogP contribution in [-0.4, -0.2) is 49.4 Å². The average molecular weight is 519 g/mol. The zero-order chi connectivity index (χ0) is 25.8. The van der Waals surface area contributed by atoms with Crippen LogP contribution in [0, 0.1) is 6.92 Å². The summed E-state index contributed by atoms with van der Waals surface area (Å²) in [5, 5.41) is -0.246. The van der Waals surface area contributed by atoms with Crippen LogP contribution in [0.1, 0.15) is 34.2 Å². The van der Waals surface area contributed by atoms with Gasteiger partial charge < -0.3 is 18.8 Å². The zero-order valence-corrected chi connectivity index (χ0v) is 19.8. The molecule has 2 aromatic heterocycles. The van der Waals surface area contributed by atoms with E-state index in [1.165, 1.54) is 34.9 Å². The van der Waals surface area contributed by atoms with Crippen molar-refractivity contribution < 1.29 is 27.5 Å². The number of aryl methyl sites for hydroxylation is 1. The summed E-state index contributed by atoms with van der Waals surface area (Å²) < 4.78 is 49.2. The minimum Gasteiger partial charge on any atom is -0.476 e. The van der Waals surface area contributed by atoms with Gasteiger partial charge in [-0.2, -0.15) is 13.2 Å². The summed E-state index contributed by atoms with van der Waals surface area (Å²) >= 11 is 6.10. The normalized spacial score (nSPS) is 24.3. The number of alkyl halides is 3. The molecule has 0 N–H and O–H groups in total. The summed E-state index contributed by atoms with van der Waals surface area (Å²) in [6.07, 6.45) is -1.48. The Morgan fingerprint density at radius 2 is 1.92 bits per heavy atom. The molecule has 2 atom stereocenters. The summed E-state index contributed by atoms with van der Waals surface area (Å²) in [6, 6.07) is 4.68. The van der Waals surface area contributed by atoms with Gasteiger partial charge >= 0.3 is 6.18 Å². The number of hydrogen-bond donors (Lipinski definition) is 0. The van der Waals surface area contributed by atoms with Gasteiger partial charge in [0.25, 0.3) is 11.5 Å². The molecule has 2 aliphatic heterocycles. The highest BCUT2D eigenvalue weighted by Crippen LogP contribution is 2.65. The Bertz CT molecular complexity index is 1560. The predicted molar refractivity (Wildman–Crippen MR) is 121 cm³/mol. The first kappa shape index (κ1) is 22.8. The second-order valence-electron chi connectivity index (χ2n) is 9.41. The first-order valence-corrected chi connectivity index (χ1v) is 11.5. The molecule has 0 bridgehead atoms. The Morgan fingerprint density at radius 1 is 1.17 bits per heavy atom. The highest BCUT2D eigenvalue weighted by molar-refractivity contribution is 6.33. The molecule has 0 spiro atoms. The number of rotatable bonds is 3. The summed E-state index contributed by atoms with van der Waals surface area (Å²) in [6.45, 7) is 3.33. The Labute approximate surface area is 206 Å². The van der Waals surface area contributed by atoms with Crippen molar-refractivity contribution in [2.75, 3.05) is 13.1 Å². The molecule has 1 aliphatic carbocycles. The number of ether oxygens (including phenoxy) is 1. The molecule has 0 unspecified atom stereocenters. The third kappa shape index (κ3) is 2.83. The topological polar surface area (TPSA) is 86.4 Å². The molecule has 12 heteroatoms. The average Bonchev–Trinajstić information content (AvgIpc) is 3.12. The minimum absolute atomic E-state index is 0.0214. The minimum atomic E-state index is -4.68. The van der Waals surface area contributed by atoms with Gasteiger partial charge in [0.2, 0.25) is 0 Å². The monoisotopic (exact) mass is 518 g/mol. The van der Waals surface area contributed by atoms with E-state index in [0.717, 1.165) is 17.8 Å². The number of fused-ring (bicyclic) bond motifs is 4. The molecule has 8 nitrogen and oxygen atoms in total. The number of Topliss-reactive ketones (excluding diaryl/α,β-unsaturated/α-hetero) is 1. The number of benzene rings is 1. The fourth-order valence-corrected chi connectivity index (χ4v) is 5.64. The molecule has 3 aromatic rings. The van der Waals surface area contributed by atoms with E-state index in [9.17, 15) is 27.6 Å². The fourth-order valence-electron chi connectivity index (χ4n) is 5.38. The van der Waals surface area contributed by atoms with Crippen LogP contribution >= 0.6 is 11.6 Å². The van der Waals surface area contributed by atoms with Crippen molar-refractivity contribution in [3.8, 4) is 11.4 Å². The standard InChI is InChI=1S/C24H18ClF3N4O4/c1-12-9-31(11-29-12)16-3-4-17-19(33)30(5-6-32(17)20(16)34)10-23-14-7-13(24(26,27)28)8-15(25)18(14)36-22(23,2)21(23)35/h3-4,7-9,11H,5-6,10H2,1-2H3/t22-,23+/m1/s1. The summed E-state index contributed by atoms with van der Waals surface area (Å²) in [5.74, 6) is -0.901. The third-order valence-corrected chi connectivity index (χ3v) is 7.66. The fraction of sp³-hybridized carbons (Fsp3) is 0.333. The molecule has 1 fully saturated rings. The summed E-state index contributed by atoms with van der Waals surface area (Å²) in [7, 11) is 0. The van der Waals surface area contributed by atoms with E-state index in [0.29, 0.717) is 5.69 Å². The Morgan fingerprint density at radius 3 is 2.58 bits per heavy atom. The lowest BCUT2D eigenvalue weighted by Gasteiger charge is -2.32. The van der Waals surface area contributed by atoms with Crippen LogP contribution in [0.25, 0.3) is 5.69 Å². The molecule has 36 heavy (non-hydrogen) atoms. The maximum absolute atomic E-state index is 13.5. The van der Waals surface area contributed by atoms with Crippen molar-refractivity contribution in [3.05, 3.63) is 74.7 Å². The van der Waals surface area contributed by atoms with Gasteiger partial charge in [-0.05, 0) is 38.1 Å². The van der Waals surface area contributed by atoms with E-state index in [4.69, 9.17) is 16.3 Å². The van der Waals surface area contributed by atoms with Crippen molar-refractivity contribution in [3.63, 3.8) is 0 Å². The lowest BCUT2D eigenvalue weighted by atomic mass is 9.90. The van der Waals surface area contributed by atoms with Gasteiger partial charge in [-0.1, -0.05) is 11.6 Å². The number of aromatic nitrogens is 3. The molecular weight excluding hydrogens is 501 g/mol. The molecule has 4 heterocycles. The van der Waals surface area contributed by atoms with Crippen molar-refractivity contribution in [1.29, 1.82) is 0 Å². The molecular formula is C24H18ClF3N4O4. The highest BCUT2D eigenvalue weighted by Gasteiger charge is 2.83. The number of ketones is 1. The van der Waals surface area contributed by atoms with E-state index in [-0.39, 0.29) is 47.2 Å². The second-order valence-corrected chi connectivity index (χ2v) is 9.82. The van der Waals surface area contributed by atoms with Gasteiger partial charge in [0.05, 0.1) is 22.6 Å². The smallest absolute Gasteiger partial charge is 0.416 e. The van der Waals surface area contributed by atoms with Gasteiger partial charge in [0.1, 0.15) is 22.5 Å². The number of hydrogen-bond acceptors (Lipinski definition) is 5. The number of halogens is 4. The van der Waals surface area contributed by atoms with E-state index >= 15 is 0 Å². The van der Waals surface area contributed by atoms with Gasteiger partial charge in [-0.15, -0.1) is 0 Å². The van der Waals surface area contributed by atoms with Crippen LogP contribution in [0.3, 0.4) is 0 Å². The number of amides is 1. The van der Waals surface area contributed by atoms with Crippen molar-refractivity contribution >= 4 is 23.3 Å². The van der Waals surface area contributed by atoms with Crippen LogP contribution in [-0.2, 0) is 22.9 Å². The molecule has 1 saturated carbocycles. The largest absolute Gasteiger partial charge is 0.476 e. The van der Waals surface area contributed by atoms with Crippen LogP contribution in [0.15, 0.2) is 41.6 Å². The Kier molecular flexibility index (Phi) is 4.44. The number of imidazole rings is 1. The first-order valence-electron chi connectivity index (χ1n) is 11.1. The Balaban J connectivity index is 1.37. The molecule has 186 valence electrons. The van der Waals surface area contributed by atoms with E-state index < -0.39 is 34.4 Å². The lowest BCUT2D eigenvalue weighted by Crippen LogP contribution is -2.48. The van der Waals surface area contributed by atoms with Gasteiger partial charge in [0.15, 0.2) is 11.4 Å². The van der Waals surface area contributed by atoms with Crippen molar-refractivity contribution in [1.82, 2.24) is 19.0 Å². The highest BCUT2D eigenvalue weighted by atomic mass is 35.5. The van der Waals surface area contributed by atoms with Gasteiger partial charge in [0, 0.05) is 31.4 Å². The SMILES string of the molecule is Cc1cn(-c2ccc3n(c2=O)CCN(C[C@]24C(=O)[C@@]2(C)Oc2c(Cl)cc(C(F)(F)F)cc24)C3=O)cn1. The molecule has 1 amide bonds. The maximum atomic E-state index is 13.5. The van der Waals surface area contributed by atoms with E-state index in [1.54, 1.807) is 17.7 Å². The molecule has 0 saturated heterocycles. The number of nitrogens with zero attached hydrogens (tertiary/aromatic N) is 4. The van der Waals surface area contributed by atoms with Crippen LogP contribution in [0.2, 0.25) is 5.02 Å². The maximum Gasteiger partial charge on any atom is 0.416 e. The van der Waals surface area contributed by atoms with E-state index in [2.05, 4.69) is 4.98 Å². The molecule has 0 radical (unpaired) electrons. The van der Waals surface area contributed by atoms with Crippen LogP contribution < -0.4 is 10.3 Å². The summed E-state index contributed by atoms with van der Waals surface area (Å²) in [5.41, 5.74) is -3.07. The van der Waals surface area contributed by atoms with Crippen LogP contribution in [0.5, 0.6) is 5.75 Å². The van der Waals surface area contributed by atoms with Crippen molar-refractivity contribution in [2.45, 2.75) is 37.6 Å². The zero-order valence-electron chi connectivity index (χ0n) is 19.0. The second kappa shape index (κ2) is 7.00. The van der Waals surface area contributed by atoms with Crippen LogP contribution in [0.4, 0.5) is 13.2 Å². The van der Waals surface area contributed by atoms with E-state index in [1.807, 2.05) is 0 Å². The van der Waals surface area contributed by atoms with Crippen molar-refractivity contribution in [2.24, 2.45) is 0 Å². The lowest BCUT2D eigenvalue weighted by molar-refractivity contribution is -0.137. The first-order chi connectivity index (χ1) is 16.9. The molecule has 1 aromatic carbocycles. The Hall–Kier alpha value is -3.60. The third-order valence-electron chi connectivity index (χ3n) is 7.38. The predicted octanol–water partition coefficient (Wildman–Crippen LogP) is 3.14.